The third-order valence-corrected chi connectivity index (χ3v) is 5.35. The van der Waals surface area contributed by atoms with E-state index in [-0.39, 0.29) is 17.3 Å². The molecular weight excluding hydrogens is 358 g/mol. The molecule has 1 N–H and O–H groups in total. The summed E-state index contributed by atoms with van der Waals surface area (Å²) in [6.07, 6.45) is -0.169. The Hall–Kier alpha value is -1.85. The quantitative estimate of drug-likeness (QED) is 0.823. The van der Waals surface area contributed by atoms with E-state index in [0.29, 0.717) is 18.9 Å². The molecule has 0 spiro atoms. The van der Waals surface area contributed by atoms with Crippen LogP contribution in [0, 0.1) is 0 Å². The van der Waals surface area contributed by atoms with Gasteiger partial charge in [0, 0.05) is 10.3 Å². The number of rotatable bonds is 6. The SMILES string of the molecule is CC(SCC(=O)NCC1COc2ccccc2O1)c1ccc(Cl)cc1. The van der Waals surface area contributed by atoms with Crippen molar-refractivity contribution in [3.05, 3.63) is 59.1 Å². The Bertz CT molecular complexity index is 723. The van der Waals surface area contributed by atoms with E-state index in [1.165, 1.54) is 0 Å². The fourth-order valence-electron chi connectivity index (χ4n) is 2.47. The number of hydrogen-bond acceptors (Lipinski definition) is 4. The second-order valence-corrected chi connectivity index (χ2v) is 7.57. The maximum absolute atomic E-state index is 12.1. The minimum Gasteiger partial charge on any atom is -0.486 e. The van der Waals surface area contributed by atoms with Crippen LogP contribution >= 0.6 is 23.4 Å². The predicted octanol–water partition coefficient (Wildman–Crippen LogP) is 4.09. The van der Waals surface area contributed by atoms with E-state index in [0.717, 1.165) is 22.1 Å². The van der Waals surface area contributed by atoms with Gasteiger partial charge in [0.2, 0.25) is 5.91 Å². The maximum Gasteiger partial charge on any atom is 0.230 e. The molecule has 0 bridgehead atoms. The second kappa shape index (κ2) is 8.50. The molecule has 0 saturated heterocycles. The number of nitrogens with one attached hydrogen (secondary N) is 1. The lowest BCUT2D eigenvalue weighted by Gasteiger charge is -2.26. The van der Waals surface area contributed by atoms with E-state index in [1.807, 2.05) is 48.5 Å². The van der Waals surface area contributed by atoms with Crippen molar-refractivity contribution in [1.82, 2.24) is 5.32 Å². The summed E-state index contributed by atoms with van der Waals surface area (Å²) in [7, 11) is 0. The number of carbonyl (C=O) groups excluding carboxylic acids is 1. The minimum absolute atomic E-state index is 0.00623. The number of ether oxygens (including phenoxy) is 2. The fourth-order valence-corrected chi connectivity index (χ4v) is 3.45. The van der Waals surface area contributed by atoms with Gasteiger partial charge in [0.25, 0.3) is 0 Å². The fraction of sp³-hybridized carbons (Fsp3) is 0.316. The van der Waals surface area contributed by atoms with Crippen molar-refractivity contribution in [1.29, 1.82) is 0 Å². The molecule has 132 valence electrons. The van der Waals surface area contributed by atoms with Crippen LogP contribution in [0.2, 0.25) is 5.02 Å². The number of fused-ring (bicyclic) bond motifs is 1. The van der Waals surface area contributed by atoms with E-state index in [2.05, 4.69) is 12.2 Å². The van der Waals surface area contributed by atoms with Crippen LogP contribution in [0.25, 0.3) is 0 Å². The van der Waals surface area contributed by atoms with Crippen LogP contribution in [0.15, 0.2) is 48.5 Å². The molecule has 2 atom stereocenters. The number of benzene rings is 2. The third kappa shape index (κ3) is 5.06. The van der Waals surface area contributed by atoms with Gasteiger partial charge in [0.1, 0.15) is 12.7 Å². The molecule has 1 aliphatic rings. The number of halogens is 1. The molecule has 3 rings (SSSR count). The van der Waals surface area contributed by atoms with Crippen LogP contribution in [-0.2, 0) is 4.79 Å². The van der Waals surface area contributed by atoms with Gasteiger partial charge in [-0.05, 0) is 36.8 Å². The van der Waals surface area contributed by atoms with Gasteiger partial charge in [-0.25, -0.2) is 0 Å². The molecule has 2 aromatic carbocycles. The Morgan fingerprint density at radius 3 is 2.72 bits per heavy atom. The summed E-state index contributed by atoms with van der Waals surface area (Å²) in [6, 6.07) is 15.3. The summed E-state index contributed by atoms with van der Waals surface area (Å²) in [5.74, 6) is 1.86. The van der Waals surface area contributed by atoms with Gasteiger partial charge in [-0.2, -0.15) is 0 Å². The molecule has 2 unspecified atom stereocenters. The highest BCUT2D eigenvalue weighted by Gasteiger charge is 2.21. The summed E-state index contributed by atoms with van der Waals surface area (Å²) >= 11 is 7.49. The van der Waals surface area contributed by atoms with Gasteiger partial charge in [0.05, 0.1) is 12.3 Å². The summed E-state index contributed by atoms with van der Waals surface area (Å²) < 4.78 is 11.5. The Morgan fingerprint density at radius 2 is 1.96 bits per heavy atom. The number of hydrogen-bond donors (Lipinski definition) is 1. The van der Waals surface area contributed by atoms with E-state index < -0.39 is 0 Å². The van der Waals surface area contributed by atoms with Crippen molar-refractivity contribution in [3.63, 3.8) is 0 Å². The molecule has 1 heterocycles. The number of amides is 1. The molecule has 2 aromatic rings. The maximum atomic E-state index is 12.1. The largest absolute Gasteiger partial charge is 0.486 e. The molecule has 1 amide bonds. The molecule has 0 aromatic heterocycles. The topological polar surface area (TPSA) is 47.6 Å². The van der Waals surface area contributed by atoms with Crippen molar-refractivity contribution < 1.29 is 14.3 Å². The van der Waals surface area contributed by atoms with E-state index in [9.17, 15) is 4.79 Å². The first-order valence-electron chi connectivity index (χ1n) is 8.14. The van der Waals surface area contributed by atoms with Crippen LogP contribution in [0.1, 0.15) is 17.7 Å². The van der Waals surface area contributed by atoms with Crippen LogP contribution < -0.4 is 14.8 Å². The summed E-state index contributed by atoms with van der Waals surface area (Å²) in [5.41, 5.74) is 1.16. The monoisotopic (exact) mass is 377 g/mol. The Labute approximate surface area is 156 Å². The smallest absolute Gasteiger partial charge is 0.230 e. The Morgan fingerprint density at radius 1 is 1.24 bits per heavy atom. The van der Waals surface area contributed by atoms with Crippen LogP contribution in [-0.4, -0.2) is 30.9 Å². The van der Waals surface area contributed by atoms with Gasteiger partial charge in [0.15, 0.2) is 11.5 Å². The highest BCUT2D eigenvalue weighted by molar-refractivity contribution is 8.00. The third-order valence-electron chi connectivity index (χ3n) is 3.90. The number of para-hydroxylation sites is 2. The lowest BCUT2D eigenvalue weighted by Crippen LogP contribution is -2.41. The molecule has 6 heteroatoms. The molecule has 1 aliphatic heterocycles. The van der Waals surface area contributed by atoms with Crippen molar-refractivity contribution in [3.8, 4) is 11.5 Å². The average molecular weight is 378 g/mol. The predicted molar refractivity (Wildman–Crippen MR) is 102 cm³/mol. The molecular formula is C19H20ClNO3S. The minimum atomic E-state index is -0.169. The van der Waals surface area contributed by atoms with Gasteiger partial charge in [-0.3, -0.25) is 4.79 Å². The van der Waals surface area contributed by atoms with Gasteiger partial charge in [-0.1, -0.05) is 35.9 Å². The van der Waals surface area contributed by atoms with Crippen LogP contribution in [0.4, 0.5) is 0 Å². The van der Waals surface area contributed by atoms with Crippen LogP contribution in [0.5, 0.6) is 11.5 Å². The first-order valence-corrected chi connectivity index (χ1v) is 9.57. The van der Waals surface area contributed by atoms with E-state index in [4.69, 9.17) is 21.1 Å². The van der Waals surface area contributed by atoms with Gasteiger partial charge >= 0.3 is 0 Å². The summed E-state index contributed by atoms with van der Waals surface area (Å²) in [5, 5.41) is 3.86. The molecule has 25 heavy (non-hydrogen) atoms. The molecule has 4 nitrogen and oxygen atoms in total. The first kappa shape index (κ1) is 18.0. The molecule has 0 fully saturated rings. The highest BCUT2D eigenvalue weighted by Crippen LogP contribution is 2.31. The Balaban J connectivity index is 1.40. The molecule has 0 aliphatic carbocycles. The normalized spacial score (nSPS) is 17.0. The van der Waals surface area contributed by atoms with Crippen molar-refractivity contribution in [2.24, 2.45) is 0 Å². The zero-order valence-electron chi connectivity index (χ0n) is 13.9. The number of thioether (sulfide) groups is 1. The standard InChI is InChI=1S/C19H20ClNO3S/c1-13(14-6-8-15(20)9-7-14)25-12-19(22)21-10-16-11-23-17-4-2-3-5-18(17)24-16/h2-9,13,16H,10-12H2,1H3,(H,21,22). The zero-order chi connectivity index (χ0) is 17.6. The van der Waals surface area contributed by atoms with Crippen molar-refractivity contribution in [2.45, 2.75) is 18.3 Å². The molecule has 0 saturated carbocycles. The second-order valence-electron chi connectivity index (χ2n) is 5.81. The summed E-state index contributed by atoms with van der Waals surface area (Å²) in [6.45, 7) is 2.95. The highest BCUT2D eigenvalue weighted by atomic mass is 35.5. The van der Waals surface area contributed by atoms with Crippen molar-refractivity contribution in [2.75, 3.05) is 18.9 Å². The van der Waals surface area contributed by atoms with Gasteiger partial charge < -0.3 is 14.8 Å². The first-order chi connectivity index (χ1) is 12.1. The van der Waals surface area contributed by atoms with Gasteiger partial charge in [-0.15, -0.1) is 11.8 Å². The lowest BCUT2D eigenvalue weighted by atomic mass is 10.2. The Kier molecular flexibility index (Phi) is 6.10. The molecule has 0 radical (unpaired) electrons. The number of carbonyl (C=O) groups is 1. The zero-order valence-corrected chi connectivity index (χ0v) is 15.5. The average Bonchev–Trinajstić information content (AvgIpc) is 2.65. The summed E-state index contributed by atoms with van der Waals surface area (Å²) in [4.78, 5) is 12.1. The van der Waals surface area contributed by atoms with Crippen molar-refractivity contribution >= 4 is 29.3 Å². The lowest BCUT2D eigenvalue weighted by molar-refractivity contribution is -0.119. The van der Waals surface area contributed by atoms with E-state index in [1.54, 1.807) is 11.8 Å². The van der Waals surface area contributed by atoms with E-state index >= 15 is 0 Å². The van der Waals surface area contributed by atoms with Crippen LogP contribution in [0.3, 0.4) is 0 Å².